The fourth-order valence-corrected chi connectivity index (χ4v) is 4.70. The Kier molecular flexibility index (Phi) is 5.96. The number of halogens is 1. The van der Waals surface area contributed by atoms with Crippen LogP contribution in [0, 0.1) is 0 Å². The first-order valence-corrected chi connectivity index (χ1v) is 9.90. The highest BCUT2D eigenvalue weighted by atomic mass is 35.5. The predicted octanol–water partition coefficient (Wildman–Crippen LogP) is 3.44. The predicted molar refractivity (Wildman–Crippen MR) is 89.1 cm³/mol. The number of benzene rings is 1. The number of fused-ring (bicyclic) bond motifs is 1. The van der Waals surface area contributed by atoms with Crippen molar-refractivity contribution in [2.24, 2.45) is 0 Å². The van der Waals surface area contributed by atoms with Crippen LogP contribution in [0.1, 0.15) is 37.8 Å². The molecule has 1 aromatic carbocycles. The molecule has 0 saturated heterocycles. The van der Waals surface area contributed by atoms with E-state index in [0.717, 1.165) is 35.5 Å². The zero-order valence-electron chi connectivity index (χ0n) is 12.3. The van der Waals surface area contributed by atoms with Crippen LogP contribution in [-0.4, -0.2) is 32.1 Å². The van der Waals surface area contributed by atoms with Gasteiger partial charge in [0.25, 0.3) is 10.2 Å². The van der Waals surface area contributed by atoms with Gasteiger partial charge >= 0.3 is 0 Å². The second-order valence-corrected chi connectivity index (χ2v) is 8.55. The maximum Gasteiger partial charge on any atom is 0.279 e. The maximum atomic E-state index is 12.4. The van der Waals surface area contributed by atoms with E-state index in [1.807, 2.05) is 25.1 Å². The SMILES string of the molecule is CCCCN(C)S(=O)(=O)N[C@H]1CCSc2ccc(Cl)cc21. The lowest BCUT2D eigenvalue weighted by Gasteiger charge is -2.28. The molecule has 0 spiro atoms. The van der Waals surface area contributed by atoms with Crippen LogP contribution in [0.5, 0.6) is 0 Å². The summed E-state index contributed by atoms with van der Waals surface area (Å²) in [5, 5.41) is 0.639. The molecule has 0 fully saturated rings. The molecule has 1 atom stereocenters. The third kappa shape index (κ3) is 4.36. The van der Waals surface area contributed by atoms with Crippen molar-refractivity contribution in [3.05, 3.63) is 28.8 Å². The summed E-state index contributed by atoms with van der Waals surface area (Å²) < 4.78 is 29.0. The van der Waals surface area contributed by atoms with Gasteiger partial charge in [0, 0.05) is 29.6 Å². The molecule has 0 unspecified atom stereocenters. The highest BCUT2D eigenvalue weighted by Gasteiger charge is 2.27. The number of nitrogens with one attached hydrogen (secondary N) is 1. The van der Waals surface area contributed by atoms with Crippen molar-refractivity contribution in [1.82, 2.24) is 9.03 Å². The Morgan fingerprint density at radius 1 is 1.48 bits per heavy atom. The van der Waals surface area contributed by atoms with Crippen molar-refractivity contribution < 1.29 is 8.42 Å². The summed E-state index contributed by atoms with van der Waals surface area (Å²) in [6, 6.07) is 5.47. The maximum absolute atomic E-state index is 12.4. The van der Waals surface area contributed by atoms with Gasteiger partial charge in [-0.3, -0.25) is 0 Å². The molecule has 0 saturated carbocycles. The molecule has 1 heterocycles. The second kappa shape index (κ2) is 7.33. The van der Waals surface area contributed by atoms with Crippen LogP contribution in [0.4, 0.5) is 0 Å². The Morgan fingerprint density at radius 3 is 2.95 bits per heavy atom. The molecule has 1 N–H and O–H groups in total. The fraction of sp³-hybridized carbons (Fsp3) is 0.571. The zero-order valence-corrected chi connectivity index (χ0v) is 14.7. The molecular formula is C14H21ClN2O2S2. The van der Waals surface area contributed by atoms with E-state index >= 15 is 0 Å². The summed E-state index contributed by atoms with van der Waals surface area (Å²) in [6.45, 7) is 2.58. The Labute approximate surface area is 136 Å². The Bertz CT molecular complexity index is 593. The molecule has 0 radical (unpaired) electrons. The van der Waals surface area contributed by atoms with Crippen LogP contribution in [0.3, 0.4) is 0 Å². The molecule has 1 aliphatic rings. The molecule has 0 aliphatic carbocycles. The molecule has 2 rings (SSSR count). The molecule has 118 valence electrons. The van der Waals surface area contributed by atoms with Crippen molar-refractivity contribution in [3.63, 3.8) is 0 Å². The van der Waals surface area contributed by atoms with Crippen LogP contribution < -0.4 is 4.72 Å². The van der Waals surface area contributed by atoms with Crippen molar-refractivity contribution in [3.8, 4) is 0 Å². The minimum absolute atomic E-state index is 0.200. The zero-order chi connectivity index (χ0) is 15.5. The highest BCUT2D eigenvalue weighted by molar-refractivity contribution is 7.99. The van der Waals surface area contributed by atoms with Crippen molar-refractivity contribution in [2.75, 3.05) is 19.3 Å². The number of rotatable bonds is 6. The van der Waals surface area contributed by atoms with Crippen LogP contribution in [0.2, 0.25) is 5.02 Å². The number of unbranched alkanes of at least 4 members (excludes halogenated alkanes) is 1. The summed E-state index contributed by atoms with van der Waals surface area (Å²) in [4.78, 5) is 1.11. The van der Waals surface area contributed by atoms with Gasteiger partial charge in [0.2, 0.25) is 0 Å². The van der Waals surface area contributed by atoms with E-state index in [0.29, 0.717) is 11.6 Å². The Hall–Kier alpha value is -0.270. The van der Waals surface area contributed by atoms with E-state index in [4.69, 9.17) is 11.6 Å². The van der Waals surface area contributed by atoms with Crippen LogP contribution in [-0.2, 0) is 10.2 Å². The van der Waals surface area contributed by atoms with Gasteiger partial charge in [0.05, 0.1) is 0 Å². The van der Waals surface area contributed by atoms with Crippen LogP contribution in [0.25, 0.3) is 0 Å². The van der Waals surface area contributed by atoms with Gasteiger partial charge in [-0.1, -0.05) is 24.9 Å². The first-order valence-electron chi connectivity index (χ1n) is 7.10. The van der Waals surface area contributed by atoms with E-state index in [1.54, 1.807) is 18.8 Å². The largest absolute Gasteiger partial charge is 0.279 e. The Balaban J connectivity index is 2.16. The van der Waals surface area contributed by atoms with Gasteiger partial charge in [-0.05, 0) is 42.4 Å². The standard InChI is InChI=1S/C14H21ClN2O2S2/c1-3-4-8-17(2)21(18,19)16-13-7-9-20-14-6-5-11(15)10-12(13)14/h5-6,10,13,16H,3-4,7-9H2,1-2H3/t13-/m0/s1. The normalized spacial score (nSPS) is 18.8. The van der Waals surface area contributed by atoms with Crippen LogP contribution in [0.15, 0.2) is 23.1 Å². The average Bonchev–Trinajstić information content (AvgIpc) is 2.45. The first-order chi connectivity index (χ1) is 9.94. The van der Waals surface area contributed by atoms with Crippen molar-refractivity contribution >= 4 is 33.6 Å². The van der Waals surface area contributed by atoms with Crippen molar-refractivity contribution in [1.29, 1.82) is 0 Å². The lowest BCUT2D eigenvalue weighted by molar-refractivity contribution is 0.436. The minimum atomic E-state index is -3.46. The number of hydrogen-bond acceptors (Lipinski definition) is 3. The molecule has 7 heteroatoms. The Morgan fingerprint density at radius 2 is 2.24 bits per heavy atom. The molecule has 0 amide bonds. The van der Waals surface area contributed by atoms with Gasteiger partial charge in [0.15, 0.2) is 0 Å². The average molecular weight is 349 g/mol. The van der Waals surface area contributed by atoms with Gasteiger partial charge in [-0.15, -0.1) is 11.8 Å². The van der Waals surface area contributed by atoms with E-state index in [1.165, 1.54) is 4.31 Å². The lowest BCUT2D eigenvalue weighted by atomic mass is 10.1. The molecular weight excluding hydrogens is 328 g/mol. The molecule has 0 aromatic heterocycles. The highest BCUT2D eigenvalue weighted by Crippen LogP contribution is 2.37. The molecule has 1 aliphatic heterocycles. The number of nitrogens with zero attached hydrogens (tertiary/aromatic N) is 1. The lowest BCUT2D eigenvalue weighted by Crippen LogP contribution is -2.41. The van der Waals surface area contributed by atoms with E-state index in [9.17, 15) is 8.42 Å². The topological polar surface area (TPSA) is 49.4 Å². The second-order valence-electron chi connectivity index (χ2n) is 5.17. The third-order valence-electron chi connectivity index (χ3n) is 3.54. The fourth-order valence-electron chi connectivity index (χ4n) is 2.26. The minimum Gasteiger partial charge on any atom is -0.195 e. The molecule has 4 nitrogen and oxygen atoms in total. The summed E-state index contributed by atoms with van der Waals surface area (Å²) in [7, 11) is -1.84. The monoisotopic (exact) mass is 348 g/mol. The summed E-state index contributed by atoms with van der Waals surface area (Å²) in [5.74, 6) is 0.903. The molecule has 0 bridgehead atoms. The van der Waals surface area contributed by atoms with Gasteiger partial charge in [-0.25, -0.2) is 0 Å². The van der Waals surface area contributed by atoms with Gasteiger partial charge < -0.3 is 0 Å². The number of hydrogen-bond donors (Lipinski definition) is 1. The summed E-state index contributed by atoms with van der Waals surface area (Å²) >= 11 is 7.79. The van der Waals surface area contributed by atoms with Gasteiger partial charge in [-0.2, -0.15) is 17.4 Å². The van der Waals surface area contributed by atoms with E-state index < -0.39 is 10.2 Å². The molecule has 1 aromatic rings. The van der Waals surface area contributed by atoms with Gasteiger partial charge in [0.1, 0.15) is 0 Å². The first kappa shape index (κ1) is 17.1. The third-order valence-corrected chi connectivity index (χ3v) is 6.48. The van der Waals surface area contributed by atoms with Crippen molar-refractivity contribution in [2.45, 2.75) is 37.1 Å². The van der Waals surface area contributed by atoms with E-state index in [-0.39, 0.29) is 6.04 Å². The quantitative estimate of drug-likeness (QED) is 0.856. The smallest absolute Gasteiger partial charge is 0.195 e. The number of thioether (sulfide) groups is 1. The summed E-state index contributed by atoms with van der Waals surface area (Å²) in [5.41, 5.74) is 0.978. The van der Waals surface area contributed by atoms with Crippen LogP contribution >= 0.6 is 23.4 Å². The summed E-state index contributed by atoms with van der Waals surface area (Å²) in [6.07, 6.45) is 2.61. The van der Waals surface area contributed by atoms with E-state index in [2.05, 4.69) is 4.72 Å². The molecule has 21 heavy (non-hydrogen) atoms.